The molecule has 0 unspecified atom stereocenters. The van der Waals surface area contributed by atoms with Gasteiger partial charge in [-0.3, -0.25) is 0 Å². The average Bonchev–Trinajstić information content (AvgIpc) is 2.76. The topological polar surface area (TPSA) is 0 Å². The van der Waals surface area contributed by atoms with Crippen LogP contribution < -0.4 is 0 Å². The van der Waals surface area contributed by atoms with Crippen molar-refractivity contribution in [3.8, 4) is 22.3 Å². The Morgan fingerprint density at radius 1 is 0.724 bits per heavy atom. The molecule has 0 nitrogen and oxygen atoms in total. The molecule has 4 rings (SSSR count). The molecule has 0 saturated carbocycles. The van der Waals surface area contributed by atoms with E-state index < -0.39 is 0 Å². The van der Waals surface area contributed by atoms with Gasteiger partial charge >= 0.3 is 0 Å². The van der Waals surface area contributed by atoms with Crippen LogP contribution in [0, 0.1) is 6.92 Å². The molecule has 1 heteroatoms. The molecule has 0 aliphatic rings. The third-order valence-corrected chi connectivity index (χ3v) is 5.78. The fourth-order valence-electron chi connectivity index (χ4n) is 3.71. The Hall–Kier alpha value is -2.90. The molecule has 142 valence electrons. The fourth-order valence-corrected chi connectivity index (χ4v) is 4.07. The number of rotatable bonds is 5. The lowest BCUT2D eigenvalue weighted by atomic mass is 9.90. The van der Waals surface area contributed by atoms with Gasteiger partial charge in [0.25, 0.3) is 0 Å². The van der Waals surface area contributed by atoms with Gasteiger partial charge in [-0.25, -0.2) is 0 Å². The van der Waals surface area contributed by atoms with Crippen molar-refractivity contribution in [1.29, 1.82) is 0 Å². The molecule has 0 aromatic heterocycles. The predicted octanol–water partition coefficient (Wildman–Crippen LogP) is 8.35. The highest BCUT2D eigenvalue weighted by atomic mass is 79.9. The second kappa shape index (κ2) is 8.63. The molecule has 0 N–H and O–H groups in total. The Labute approximate surface area is 181 Å². The standard InChI is InChI=1S/C28H23Br/c1-20-9-6-7-14-27(20)28-19-26(29)16-15-25(28)17-21(2)23-12-8-13-24(18-23)22-10-4-3-5-11-22/h3-16,18-19H,2,17H2,1H3. The summed E-state index contributed by atoms with van der Waals surface area (Å²) in [7, 11) is 0. The van der Waals surface area contributed by atoms with Crippen LogP contribution >= 0.6 is 15.9 Å². The maximum Gasteiger partial charge on any atom is 0.0181 e. The van der Waals surface area contributed by atoms with Crippen LogP contribution in [0.2, 0.25) is 0 Å². The van der Waals surface area contributed by atoms with Gasteiger partial charge in [-0.05, 0) is 76.1 Å². The summed E-state index contributed by atoms with van der Waals surface area (Å²) in [5.41, 5.74) is 9.86. The Kier molecular flexibility index (Phi) is 5.78. The molecular weight excluding hydrogens is 416 g/mol. The Bertz CT molecular complexity index is 1160. The fraction of sp³-hybridized carbons (Fsp3) is 0.0714. The molecular formula is C28H23Br. The summed E-state index contributed by atoms with van der Waals surface area (Å²) in [6.45, 7) is 6.59. The highest BCUT2D eigenvalue weighted by Crippen LogP contribution is 2.33. The first-order chi connectivity index (χ1) is 14.1. The minimum absolute atomic E-state index is 0.815. The quantitative estimate of drug-likeness (QED) is 0.293. The van der Waals surface area contributed by atoms with Crippen molar-refractivity contribution in [2.45, 2.75) is 13.3 Å². The Morgan fingerprint density at radius 2 is 1.45 bits per heavy atom. The van der Waals surface area contributed by atoms with Crippen molar-refractivity contribution in [2.75, 3.05) is 0 Å². The van der Waals surface area contributed by atoms with Gasteiger partial charge in [0, 0.05) is 4.47 Å². The summed E-state index contributed by atoms with van der Waals surface area (Å²) in [6, 6.07) is 34.2. The minimum Gasteiger partial charge on any atom is -0.0949 e. The van der Waals surface area contributed by atoms with Crippen LogP contribution in [0.4, 0.5) is 0 Å². The summed E-state index contributed by atoms with van der Waals surface area (Å²) in [4.78, 5) is 0. The van der Waals surface area contributed by atoms with E-state index in [-0.39, 0.29) is 0 Å². The molecule has 0 aliphatic heterocycles. The van der Waals surface area contributed by atoms with Gasteiger partial charge in [-0.15, -0.1) is 0 Å². The van der Waals surface area contributed by atoms with Gasteiger partial charge < -0.3 is 0 Å². The Morgan fingerprint density at radius 3 is 2.24 bits per heavy atom. The summed E-state index contributed by atoms with van der Waals surface area (Å²) in [5.74, 6) is 0. The second-order valence-corrected chi connectivity index (χ2v) is 8.26. The average molecular weight is 439 g/mol. The summed E-state index contributed by atoms with van der Waals surface area (Å²) in [5, 5.41) is 0. The molecule has 0 fully saturated rings. The first-order valence-corrected chi connectivity index (χ1v) is 10.6. The minimum atomic E-state index is 0.815. The van der Waals surface area contributed by atoms with E-state index in [1.54, 1.807) is 0 Å². The van der Waals surface area contributed by atoms with E-state index in [9.17, 15) is 0 Å². The van der Waals surface area contributed by atoms with E-state index in [1.165, 1.54) is 38.9 Å². The van der Waals surface area contributed by atoms with Crippen molar-refractivity contribution >= 4 is 21.5 Å². The first kappa shape index (κ1) is 19.4. The van der Waals surface area contributed by atoms with Gasteiger partial charge in [0.15, 0.2) is 0 Å². The molecule has 4 aromatic rings. The van der Waals surface area contributed by atoms with Crippen LogP contribution in [-0.2, 0) is 6.42 Å². The lowest BCUT2D eigenvalue weighted by Gasteiger charge is -2.15. The van der Waals surface area contributed by atoms with Gasteiger partial charge in [-0.2, -0.15) is 0 Å². The van der Waals surface area contributed by atoms with Gasteiger partial charge in [0.1, 0.15) is 0 Å². The van der Waals surface area contributed by atoms with Crippen molar-refractivity contribution < 1.29 is 0 Å². The maximum atomic E-state index is 4.42. The molecule has 0 radical (unpaired) electrons. The number of allylic oxidation sites excluding steroid dienone is 1. The molecule has 29 heavy (non-hydrogen) atoms. The number of halogens is 1. The SMILES string of the molecule is C=C(Cc1ccc(Br)cc1-c1ccccc1C)c1cccc(-c2ccccc2)c1. The van der Waals surface area contributed by atoms with E-state index in [2.05, 4.69) is 120 Å². The second-order valence-electron chi connectivity index (χ2n) is 7.34. The van der Waals surface area contributed by atoms with Gasteiger partial charge in [0.05, 0.1) is 0 Å². The molecule has 0 bridgehead atoms. The van der Waals surface area contributed by atoms with Crippen LogP contribution in [0.5, 0.6) is 0 Å². The highest BCUT2D eigenvalue weighted by Gasteiger charge is 2.11. The Balaban J connectivity index is 1.67. The van der Waals surface area contributed by atoms with Crippen LogP contribution in [0.25, 0.3) is 27.8 Å². The number of hydrogen-bond donors (Lipinski definition) is 0. The third kappa shape index (κ3) is 4.41. The summed E-state index contributed by atoms with van der Waals surface area (Å²) >= 11 is 3.64. The molecule has 0 heterocycles. The highest BCUT2D eigenvalue weighted by molar-refractivity contribution is 9.10. The van der Waals surface area contributed by atoms with Crippen LogP contribution in [0.15, 0.2) is 108 Å². The van der Waals surface area contributed by atoms with Crippen LogP contribution in [-0.4, -0.2) is 0 Å². The third-order valence-electron chi connectivity index (χ3n) is 5.29. The van der Waals surface area contributed by atoms with Crippen molar-refractivity contribution in [2.24, 2.45) is 0 Å². The predicted molar refractivity (Wildman–Crippen MR) is 129 cm³/mol. The lowest BCUT2D eigenvalue weighted by molar-refractivity contribution is 1.27. The van der Waals surface area contributed by atoms with E-state index in [1.807, 2.05) is 6.07 Å². The lowest BCUT2D eigenvalue weighted by Crippen LogP contribution is -1.95. The largest absolute Gasteiger partial charge is 0.0949 e. The van der Waals surface area contributed by atoms with Gasteiger partial charge in [0.2, 0.25) is 0 Å². The van der Waals surface area contributed by atoms with Crippen LogP contribution in [0.1, 0.15) is 16.7 Å². The zero-order chi connectivity index (χ0) is 20.2. The molecule has 0 atom stereocenters. The first-order valence-electron chi connectivity index (χ1n) is 9.80. The smallest absolute Gasteiger partial charge is 0.0181 e. The molecule has 0 amide bonds. The normalized spacial score (nSPS) is 10.7. The van der Waals surface area contributed by atoms with E-state index >= 15 is 0 Å². The summed E-state index contributed by atoms with van der Waals surface area (Å²) in [6.07, 6.45) is 0.815. The van der Waals surface area contributed by atoms with Crippen LogP contribution in [0.3, 0.4) is 0 Å². The van der Waals surface area contributed by atoms with E-state index in [0.717, 1.165) is 16.5 Å². The zero-order valence-electron chi connectivity index (χ0n) is 16.5. The van der Waals surface area contributed by atoms with Crippen molar-refractivity contribution in [1.82, 2.24) is 0 Å². The molecule has 0 aliphatic carbocycles. The molecule has 0 spiro atoms. The zero-order valence-corrected chi connectivity index (χ0v) is 18.1. The van der Waals surface area contributed by atoms with E-state index in [0.29, 0.717) is 0 Å². The monoisotopic (exact) mass is 438 g/mol. The molecule has 0 saturated heterocycles. The number of aryl methyl sites for hydroxylation is 1. The van der Waals surface area contributed by atoms with Crippen molar-refractivity contribution in [3.63, 3.8) is 0 Å². The molecule has 4 aromatic carbocycles. The summed E-state index contributed by atoms with van der Waals surface area (Å²) < 4.78 is 1.09. The van der Waals surface area contributed by atoms with Gasteiger partial charge in [-0.1, -0.05) is 101 Å². The maximum absolute atomic E-state index is 4.42. The van der Waals surface area contributed by atoms with E-state index in [4.69, 9.17) is 0 Å². The van der Waals surface area contributed by atoms with Crippen molar-refractivity contribution in [3.05, 3.63) is 125 Å². The number of benzene rings is 4. The number of hydrogen-bond acceptors (Lipinski definition) is 0.